The summed E-state index contributed by atoms with van der Waals surface area (Å²) in [5.74, 6) is 3.16. The van der Waals surface area contributed by atoms with Crippen molar-refractivity contribution >= 4 is 45.7 Å². The number of aryl methyl sites for hydroxylation is 1. The minimum absolute atomic E-state index is 0.0875. The van der Waals surface area contributed by atoms with Gasteiger partial charge in [-0.25, -0.2) is 4.99 Å². The maximum Gasteiger partial charge on any atom is 0.259 e. The molecule has 0 saturated carbocycles. The molecule has 1 aromatic heterocycles. The molecule has 0 aliphatic heterocycles. The van der Waals surface area contributed by atoms with Crippen molar-refractivity contribution in [3.8, 4) is 23.8 Å². The molecule has 1 N–H and O–H groups in total. The maximum absolute atomic E-state index is 13.4. The third-order valence-electron chi connectivity index (χ3n) is 5.79. The number of methoxy groups -OCH3 is 1. The minimum Gasteiger partial charge on any atom is -0.493 e. The second-order valence-corrected chi connectivity index (χ2v) is 9.69. The standard InChI is InChI=1S/C28H27ClN2O3S/c1-3-15-34-26-22(29)16-19(17-23(26)33-2)18-30-28-25(27(32)31-20-11-7-6-8-12-20)21-13-9-4-5-10-14-24(21)35-28/h1,6-8,11-12,16-18H,4-5,9-10,13-15H2,2H3,(H,31,32). The van der Waals surface area contributed by atoms with Crippen LogP contribution in [0.15, 0.2) is 47.5 Å². The number of hydrogen-bond donors (Lipinski definition) is 1. The van der Waals surface area contributed by atoms with Crippen LogP contribution < -0.4 is 14.8 Å². The van der Waals surface area contributed by atoms with Crippen LogP contribution in [0.4, 0.5) is 10.7 Å². The van der Waals surface area contributed by atoms with Crippen molar-refractivity contribution in [1.82, 2.24) is 0 Å². The quantitative estimate of drug-likeness (QED) is 0.275. The Morgan fingerprint density at radius 3 is 2.71 bits per heavy atom. The first-order valence-corrected chi connectivity index (χ1v) is 12.8. The van der Waals surface area contributed by atoms with E-state index in [4.69, 9.17) is 32.5 Å². The van der Waals surface area contributed by atoms with Gasteiger partial charge in [0.1, 0.15) is 11.6 Å². The van der Waals surface area contributed by atoms with Gasteiger partial charge in [-0.15, -0.1) is 17.8 Å². The van der Waals surface area contributed by atoms with Crippen LogP contribution in [-0.4, -0.2) is 25.8 Å². The molecule has 7 heteroatoms. The van der Waals surface area contributed by atoms with Gasteiger partial charge in [-0.1, -0.05) is 48.6 Å². The average Bonchev–Trinajstić information content (AvgIpc) is 3.18. The predicted molar refractivity (Wildman–Crippen MR) is 144 cm³/mol. The molecule has 1 heterocycles. The van der Waals surface area contributed by atoms with Crippen LogP contribution in [0.3, 0.4) is 0 Å². The highest BCUT2D eigenvalue weighted by molar-refractivity contribution is 7.16. The van der Waals surface area contributed by atoms with Crippen molar-refractivity contribution in [3.05, 3.63) is 69.1 Å². The average molecular weight is 507 g/mol. The van der Waals surface area contributed by atoms with Crippen molar-refractivity contribution in [3.63, 3.8) is 0 Å². The van der Waals surface area contributed by atoms with E-state index in [1.807, 2.05) is 30.3 Å². The third kappa shape index (κ3) is 6.05. The Kier molecular flexibility index (Phi) is 8.46. The number of aliphatic imine (C=N–C) groups is 1. The monoisotopic (exact) mass is 506 g/mol. The van der Waals surface area contributed by atoms with Gasteiger partial charge in [-0.3, -0.25) is 4.79 Å². The number of halogens is 1. The van der Waals surface area contributed by atoms with E-state index in [-0.39, 0.29) is 12.5 Å². The Labute approximate surface area is 215 Å². The Hall–Kier alpha value is -3.27. The molecule has 4 rings (SSSR count). The minimum atomic E-state index is -0.130. The summed E-state index contributed by atoms with van der Waals surface area (Å²) in [4.78, 5) is 19.4. The van der Waals surface area contributed by atoms with Crippen LogP contribution >= 0.6 is 22.9 Å². The summed E-state index contributed by atoms with van der Waals surface area (Å²) in [6, 6.07) is 13.0. The van der Waals surface area contributed by atoms with E-state index in [2.05, 4.69) is 11.2 Å². The number of carbonyl (C=O) groups is 1. The molecule has 0 fully saturated rings. The van der Waals surface area contributed by atoms with E-state index in [0.29, 0.717) is 27.1 Å². The largest absolute Gasteiger partial charge is 0.493 e. The Morgan fingerprint density at radius 1 is 1.20 bits per heavy atom. The summed E-state index contributed by atoms with van der Waals surface area (Å²) >= 11 is 8.03. The molecule has 0 bridgehead atoms. The number of anilines is 1. The SMILES string of the molecule is C#CCOc1c(Cl)cc(C=Nc2sc3c(c2C(=O)Nc2ccccc2)CCCCCC3)cc1OC. The number of carbonyl (C=O) groups excluding carboxylic acids is 1. The van der Waals surface area contributed by atoms with Gasteiger partial charge < -0.3 is 14.8 Å². The molecule has 35 heavy (non-hydrogen) atoms. The lowest BCUT2D eigenvalue weighted by Crippen LogP contribution is -2.14. The second-order valence-electron chi connectivity index (χ2n) is 8.20. The van der Waals surface area contributed by atoms with Gasteiger partial charge in [-0.05, 0) is 61.1 Å². The van der Waals surface area contributed by atoms with Crippen LogP contribution in [0.1, 0.15) is 52.0 Å². The summed E-state index contributed by atoms with van der Waals surface area (Å²) in [6.45, 7) is 0.0875. The number of terminal acetylenes is 1. The Morgan fingerprint density at radius 2 is 1.97 bits per heavy atom. The number of rotatable bonds is 7. The molecular formula is C28H27ClN2O3S. The lowest BCUT2D eigenvalue weighted by Gasteiger charge is -2.12. The van der Waals surface area contributed by atoms with Gasteiger partial charge in [0.2, 0.25) is 0 Å². The Balaban J connectivity index is 1.70. The van der Waals surface area contributed by atoms with Crippen molar-refractivity contribution in [2.75, 3.05) is 19.0 Å². The zero-order valence-electron chi connectivity index (χ0n) is 19.6. The molecule has 1 amide bonds. The van der Waals surface area contributed by atoms with Crippen molar-refractivity contribution in [1.29, 1.82) is 0 Å². The fraction of sp³-hybridized carbons (Fsp3) is 0.286. The smallest absolute Gasteiger partial charge is 0.259 e. The first-order valence-electron chi connectivity index (χ1n) is 11.6. The number of ether oxygens (including phenoxy) is 2. The zero-order valence-corrected chi connectivity index (χ0v) is 21.2. The predicted octanol–water partition coefficient (Wildman–Crippen LogP) is 7.08. The van der Waals surface area contributed by atoms with Gasteiger partial charge >= 0.3 is 0 Å². The van der Waals surface area contributed by atoms with Gasteiger partial charge in [0.05, 0.1) is 17.7 Å². The number of fused-ring (bicyclic) bond motifs is 1. The summed E-state index contributed by atoms with van der Waals surface area (Å²) in [5, 5.41) is 4.12. The molecule has 0 atom stereocenters. The van der Waals surface area contributed by atoms with Gasteiger partial charge in [-0.2, -0.15) is 0 Å². The molecule has 0 saturated heterocycles. The topological polar surface area (TPSA) is 59.9 Å². The van der Waals surface area contributed by atoms with E-state index in [1.165, 1.54) is 17.7 Å². The van der Waals surface area contributed by atoms with Gasteiger partial charge in [0, 0.05) is 16.8 Å². The molecule has 3 aromatic rings. The normalized spacial score (nSPS) is 13.4. The van der Waals surface area contributed by atoms with Crippen LogP contribution in [0.25, 0.3) is 0 Å². The molecule has 1 aliphatic carbocycles. The third-order valence-corrected chi connectivity index (χ3v) is 7.27. The van der Waals surface area contributed by atoms with E-state index in [0.717, 1.165) is 42.5 Å². The molecule has 0 unspecified atom stereocenters. The van der Waals surface area contributed by atoms with Crippen LogP contribution in [0, 0.1) is 12.3 Å². The second kappa shape index (κ2) is 11.9. The van der Waals surface area contributed by atoms with Gasteiger partial charge in [0.15, 0.2) is 11.5 Å². The molecule has 180 valence electrons. The highest BCUT2D eigenvalue weighted by Crippen LogP contribution is 2.40. The number of hydrogen-bond acceptors (Lipinski definition) is 5. The molecule has 0 spiro atoms. The molecule has 1 aliphatic rings. The van der Waals surface area contributed by atoms with Crippen LogP contribution in [0.5, 0.6) is 11.5 Å². The number of amides is 1. The van der Waals surface area contributed by atoms with E-state index in [1.54, 1.807) is 36.8 Å². The summed E-state index contributed by atoms with van der Waals surface area (Å²) < 4.78 is 11.0. The van der Waals surface area contributed by atoms with Crippen LogP contribution in [0.2, 0.25) is 5.02 Å². The lowest BCUT2D eigenvalue weighted by atomic mass is 9.96. The number of nitrogens with one attached hydrogen (secondary N) is 1. The lowest BCUT2D eigenvalue weighted by molar-refractivity contribution is 0.102. The Bertz CT molecular complexity index is 1260. The zero-order chi connectivity index (χ0) is 24.6. The first-order chi connectivity index (χ1) is 17.1. The summed E-state index contributed by atoms with van der Waals surface area (Å²) in [7, 11) is 1.54. The molecular weight excluding hydrogens is 480 g/mol. The molecule has 5 nitrogen and oxygen atoms in total. The number of thiophene rings is 1. The van der Waals surface area contributed by atoms with Crippen LogP contribution in [-0.2, 0) is 12.8 Å². The van der Waals surface area contributed by atoms with Gasteiger partial charge in [0.25, 0.3) is 5.91 Å². The van der Waals surface area contributed by atoms with E-state index >= 15 is 0 Å². The fourth-order valence-electron chi connectivity index (χ4n) is 4.15. The maximum atomic E-state index is 13.4. The highest BCUT2D eigenvalue weighted by Gasteiger charge is 2.24. The van der Waals surface area contributed by atoms with Crippen molar-refractivity contribution in [2.24, 2.45) is 4.99 Å². The molecule has 2 aromatic carbocycles. The summed E-state index contributed by atoms with van der Waals surface area (Å²) in [5.41, 5.74) is 3.29. The van der Waals surface area contributed by atoms with E-state index in [9.17, 15) is 4.79 Å². The molecule has 0 radical (unpaired) electrons. The van der Waals surface area contributed by atoms with Crippen molar-refractivity contribution in [2.45, 2.75) is 38.5 Å². The fourth-order valence-corrected chi connectivity index (χ4v) is 5.65. The highest BCUT2D eigenvalue weighted by atomic mass is 35.5. The van der Waals surface area contributed by atoms with Crippen molar-refractivity contribution < 1.29 is 14.3 Å². The van der Waals surface area contributed by atoms with E-state index < -0.39 is 0 Å². The number of benzene rings is 2. The number of nitrogens with zero attached hydrogens (tertiary/aromatic N) is 1. The summed E-state index contributed by atoms with van der Waals surface area (Å²) in [6.07, 6.45) is 13.5. The number of para-hydroxylation sites is 1. The first kappa shape index (κ1) is 24.8.